The van der Waals surface area contributed by atoms with Gasteiger partial charge in [0.2, 0.25) is 5.91 Å². The molecule has 6 heteroatoms. The van der Waals surface area contributed by atoms with Gasteiger partial charge in [0.25, 0.3) is 0 Å². The minimum Gasteiger partial charge on any atom is -0.350 e. The number of imidazole rings is 1. The van der Waals surface area contributed by atoms with E-state index < -0.39 is 0 Å². The van der Waals surface area contributed by atoms with Gasteiger partial charge in [0, 0.05) is 29.0 Å². The van der Waals surface area contributed by atoms with Crippen molar-refractivity contribution in [2.24, 2.45) is 0 Å². The molecular formula is C20H18N4OS. The zero-order chi connectivity index (χ0) is 17.9. The van der Waals surface area contributed by atoms with E-state index in [9.17, 15) is 4.79 Å². The molecule has 1 aromatic carbocycles. The molecule has 1 N–H and O–H groups in total. The lowest BCUT2D eigenvalue weighted by Crippen LogP contribution is -2.25. The van der Waals surface area contributed by atoms with Crippen LogP contribution in [0.25, 0.3) is 16.2 Å². The van der Waals surface area contributed by atoms with Crippen molar-refractivity contribution in [2.75, 3.05) is 0 Å². The molecule has 0 spiro atoms. The summed E-state index contributed by atoms with van der Waals surface area (Å²) in [5, 5.41) is 4.90. The van der Waals surface area contributed by atoms with Crippen molar-refractivity contribution < 1.29 is 4.79 Å². The number of hydrogen-bond donors (Lipinski definition) is 1. The highest BCUT2D eigenvalue weighted by Gasteiger charge is 2.12. The highest BCUT2D eigenvalue weighted by atomic mass is 32.1. The quantitative estimate of drug-likeness (QED) is 0.590. The zero-order valence-electron chi connectivity index (χ0n) is 14.3. The van der Waals surface area contributed by atoms with Crippen LogP contribution < -0.4 is 5.32 Å². The maximum atomic E-state index is 12.3. The number of pyridine rings is 1. The van der Waals surface area contributed by atoms with Gasteiger partial charge < -0.3 is 5.32 Å². The van der Waals surface area contributed by atoms with Crippen molar-refractivity contribution in [3.05, 3.63) is 77.2 Å². The Kier molecular flexibility index (Phi) is 4.50. The summed E-state index contributed by atoms with van der Waals surface area (Å²) in [6.45, 7) is 2.50. The van der Waals surface area contributed by atoms with Gasteiger partial charge in [0.05, 0.1) is 24.4 Å². The van der Waals surface area contributed by atoms with Gasteiger partial charge in [0.15, 0.2) is 4.96 Å². The van der Waals surface area contributed by atoms with Gasteiger partial charge in [-0.25, -0.2) is 4.98 Å². The molecule has 0 radical (unpaired) electrons. The van der Waals surface area contributed by atoms with Crippen LogP contribution in [0.3, 0.4) is 0 Å². The Morgan fingerprint density at radius 2 is 2.04 bits per heavy atom. The number of nitrogens with zero attached hydrogens (tertiary/aromatic N) is 3. The Labute approximate surface area is 155 Å². The van der Waals surface area contributed by atoms with E-state index in [0.29, 0.717) is 13.0 Å². The number of hydrogen-bond acceptors (Lipinski definition) is 4. The molecule has 26 heavy (non-hydrogen) atoms. The van der Waals surface area contributed by atoms with Crippen LogP contribution in [0.15, 0.2) is 60.2 Å². The average molecular weight is 362 g/mol. The van der Waals surface area contributed by atoms with Crippen LogP contribution in [0.5, 0.6) is 0 Å². The number of amides is 1. The molecule has 1 amide bonds. The molecule has 4 aromatic rings. The molecule has 4 rings (SSSR count). The minimum atomic E-state index is -0.0269. The molecule has 0 unspecified atom stereocenters. The van der Waals surface area contributed by atoms with Crippen molar-refractivity contribution in [1.29, 1.82) is 0 Å². The molecule has 0 aliphatic heterocycles. The maximum Gasteiger partial charge on any atom is 0.226 e. The number of nitrogens with one attached hydrogen (secondary N) is 1. The van der Waals surface area contributed by atoms with Gasteiger partial charge in [-0.2, -0.15) is 0 Å². The predicted octanol–water partition coefficient (Wildman–Crippen LogP) is 3.63. The highest BCUT2D eigenvalue weighted by Crippen LogP contribution is 2.24. The van der Waals surface area contributed by atoms with Crippen LogP contribution in [0.4, 0.5) is 0 Å². The summed E-state index contributed by atoms with van der Waals surface area (Å²) >= 11 is 1.55. The zero-order valence-corrected chi connectivity index (χ0v) is 15.2. The van der Waals surface area contributed by atoms with Gasteiger partial charge in [-0.1, -0.05) is 35.9 Å². The van der Waals surface area contributed by atoms with Crippen LogP contribution in [-0.4, -0.2) is 20.3 Å². The molecule has 0 atom stereocenters. The SMILES string of the molecule is Cc1ccc(-c2cn3c(CC(=O)NCc4ccccn4)csc3n2)cc1. The molecule has 0 aliphatic carbocycles. The van der Waals surface area contributed by atoms with Crippen LogP contribution in [-0.2, 0) is 17.8 Å². The van der Waals surface area contributed by atoms with Crippen molar-refractivity contribution in [3.8, 4) is 11.3 Å². The number of thiazole rings is 1. The van der Waals surface area contributed by atoms with Crippen LogP contribution in [0.1, 0.15) is 17.0 Å². The second-order valence-corrected chi connectivity index (χ2v) is 6.98. The van der Waals surface area contributed by atoms with E-state index in [2.05, 4.69) is 46.5 Å². The van der Waals surface area contributed by atoms with Crippen LogP contribution in [0.2, 0.25) is 0 Å². The Bertz CT molecular complexity index is 1030. The van der Waals surface area contributed by atoms with E-state index in [4.69, 9.17) is 0 Å². The number of aryl methyl sites for hydroxylation is 1. The summed E-state index contributed by atoms with van der Waals surface area (Å²) in [6.07, 6.45) is 4.04. The van der Waals surface area contributed by atoms with Crippen molar-refractivity contribution >= 4 is 22.2 Å². The molecule has 3 heterocycles. The number of fused-ring (bicyclic) bond motifs is 1. The first-order valence-corrected chi connectivity index (χ1v) is 9.26. The highest BCUT2D eigenvalue weighted by molar-refractivity contribution is 7.15. The summed E-state index contributed by atoms with van der Waals surface area (Å²) < 4.78 is 2.00. The molecular weight excluding hydrogens is 344 g/mol. The third-order valence-electron chi connectivity index (χ3n) is 4.17. The lowest BCUT2D eigenvalue weighted by Gasteiger charge is -2.04. The van der Waals surface area contributed by atoms with E-state index >= 15 is 0 Å². The monoisotopic (exact) mass is 362 g/mol. The average Bonchev–Trinajstić information content (AvgIpc) is 3.24. The smallest absolute Gasteiger partial charge is 0.226 e. The number of carbonyl (C=O) groups excluding carboxylic acids is 1. The standard InChI is InChI=1S/C20H18N4OS/c1-14-5-7-15(8-6-14)18-12-24-17(13-26-20(24)23-18)10-19(25)22-11-16-4-2-3-9-21-16/h2-9,12-13H,10-11H2,1H3,(H,22,25). The van der Waals surface area contributed by atoms with E-state index in [0.717, 1.165) is 27.6 Å². The number of aromatic nitrogens is 3. The number of rotatable bonds is 5. The molecule has 0 aliphatic rings. The first kappa shape index (κ1) is 16.5. The molecule has 3 aromatic heterocycles. The third-order valence-corrected chi connectivity index (χ3v) is 5.05. The summed E-state index contributed by atoms with van der Waals surface area (Å²) in [6, 6.07) is 14.0. The second-order valence-electron chi connectivity index (χ2n) is 6.15. The molecule has 5 nitrogen and oxygen atoms in total. The van der Waals surface area contributed by atoms with Crippen molar-refractivity contribution in [3.63, 3.8) is 0 Å². The van der Waals surface area contributed by atoms with Crippen LogP contribution >= 0.6 is 11.3 Å². The van der Waals surface area contributed by atoms with E-state index in [1.165, 1.54) is 5.56 Å². The molecule has 130 valence electrons. The molecule has 0 fully saturated rings. The Morgan fingerprint density at radius 1 is 1.19 bits per heavy atom. The molecule has 0 saturated carbocycles. The lowest BCUT2D eigenvalue weighted by atomic mass is 10.1. The Balaban J connectivity index is 1.48. The van der Waals surface area contributed by atoms with Gasteiger partial charge in [-0.15, -0.1) is 11.3 Å². The molecule has 0 saturated heterocycles. The summed E-state index contributed by atoms with van der Waals surface area (Å²) in [7, 11) is 0. The van der Waals surface area contributed by atoms with Crippen molar-refractivity contribution in [2.45, 2.75) is 19.9 Å². The number of carbonyl (C=O) groups is 1. The van der Waals surface area contributed by atoms with Crippen molar-refractivity contribution in [1.82, 2.24) is 19.7 Å². The Morgan fingerprint density at radius 3 is 2.81 bits per heavy atom. The number of benzene rings is 1. The first-order chi connectivity index (χ1) is 12.7. The topological polar surface area (TPSA) is 59.3 Å². The summed E-state index contributed by atoms with van der Waals surface area (Å²) in [4.78, 5) is 22.1. The van der Waals surface area contributed by atoms with Gasteiger partial charge >= 0.3 is 0 Å². The fourth-order valence-electron chi connectivity index (χ4n) is 2.74. The van der Waals surface area contributed by atoms with Gasteiger partial charge in [0.1, 0.15) is 0 Å². The fraction of sp³-hybridized carbons (Fsp3) is 0.150. The van der Waals surface area contributed by atoms with Gasteiger partial charge in [-0.05, 0) is 19.1 Å². The summed E-state index contributed by atoms with van der Waals surface area (Å²) in [5.41, 5.74) is 5.01. The van der Waals surface area contributed by atoms with Crippen LogP contribution in [0, 0.1) is 6.92 Å². The summed E-state index contributed by atoms with van der Waals surface area (Å²) in [5.74, 6) is -0.0269. The fourth-order valence-corrected chi connectivity index (χ4v) is 3.61. The molecule has 0 bridgehead atoms. The lowest BCUT2D eigenvalue weighted by molar-refractivity contribution is -0.120. The first-order valence-electron chi connectivity index (χ1n) is 8.38. The minimum absolute atomic E-state index is 0.0269. The van der Waals surface area contributed by atoms with Gasteiger partial charge in [-0.3, -0.25) is 14.2 Å². The second kappa shape index (κ2) is 7.09. The van der Waals surface area contributed by atoms with E-state index in [1.54, 1.807) is 17.5 Å². The van der Waals surface area contributed by atoms with E-state index in [-0.39, 0.29) is 5.91 Å². The normalized spacial score (nSPS) is 11.0. The third kappa shape index (κ3) is 3.50. The predicted molar refractivity (Wildman–Crippen MR) is 103 cm³/mol. The van der Waals surface area contributed by atoms with E-state index in [1.807, 2.05) is 34.2 Å². The largest absolute Gasteiger partial charge is 0.350 e. The Hall–Kier alpha value is -2.99. The maximum absolute atomic E-state index is 12.3.